The average Bonchev–Trinajstić information content (AvgIpc) is 2.90. The molecule has 1 atom stereocenters. The van der Waals surface area contributed by atoms with Gasteiger partial charge in [-0.2, -0.15) is 0 Å². The Bertz CT molecular complexity index is 678. The normalized spacial score (nSPS) is 21.1. The third kappa shape index (κ3) is 3.40. The van der Waals surface area contributed by atoms with Gasteiger partial charge in [-0.05, 0) is 63.4 Å². The molecule has 0 bridgehead atoms. The van der Waals surface area contributed by atoms with Crippen molar-refractivity contribution >= 4 is 24.6 Å². The van der Waals surface area contributed by atoms with Crippen LogP contribution in [0.5, 0.6) is 0 Å². The van der Waals surface area contributed by atoms with E-state index < -0.39 is 12.4 Å². The first-order chi connectivity index (χ1) is 10.7. The van der Waals surface area contributed by atoms with Crippen LogP contribution in [0.15, 0.2) is 36.9 Å². The predicted molar refractivity (Wildman–Crippen MR) is 93.4 cm³/mol. The van der Waals surface area contributed by atoms with E-state index in [-0.39, 0.29) is 11.8 Å². The standard InChI is InChI=1S/C17H23N2O3P/c1-5-15(20)18-14-9-7-13(8-10-14)16(21)19-12-6-11-17(19,2)23(3,4)22/h5,7-10H,1,6,11-12H2,2-4H3,(H,18,20). The topological polar surface area (TPSA) is 66.5 Å². The molecule has 1 fully saturated rings. The van der Waals surface area contributed by atoms with E-state index in [1.54, 1.807) is 42.5 Å². The summed E-state index contributed by atoms with van der Waals surface area (Å²) in [4.78, 5) is 25.8. The third-order valence-corrected chi connectivity index (χ3v) is 7.39. The lowest BCUT2D eigenvalue weighted by atomic mass is 10.1. The van der Waals surface area contributed by atoms with E-state index in [2.05, 4.69) is 11.9 Å². The van der Waals surface area contributed by atoms with Gasteiger partial charge in [0.05, 0.1) is 5.28 Å². The van der Waals surface area contributed by atoms with E-state index in [9.17, 15) is 14.2 Å². The number of carbonyl (C=O) groups is 2. The van der Waals surface area contributed by atoms with Crippen LogP contribution >= 0.6 is 7.14 Å². The van der Waals surface area contributed by atoms with Crippen LogP contribution in [0, 0.1) is 0 Å². The summed E-state index contributed by atoms with van der Waals surface area (Å²) in [6.45, 7) is 9.41. The molecule has 1 heterocycles. The van der Waals surface area contributed by atoms with E-state index in [0.29, 0.717) is 17.8 Å². The lowest BCUT2D eigenvalue weighted by Gasteiger charge is -2.38. The second-order valence-electron chi connectivity index (χ2n) is 6.40. The van der Waals surface area contributed by atoms with Gasteiger partial charge in [-0.1, -0.05) is 6.58 Å². The molecule has 0 spiro atoms. The van der Waals surface area contributed by atoms with E-state index in [4.69, 9.17) is 0 Å². The van der Waals surface area contributed by atoms with Crippen molar-refractivity contribution in [1.82, 2.24) is 4.90 Å². The number of amides is 2. The first kappa shape index (κ1) is 17.5. The second-order valence-corrected chi connectivity index (χ2v) is 10.1. The van der Waals surface area contributed by atoms with E-state index in [1.807, 2.05) is 6.92 Å². The largest absolute Gasteiger partial charge is 0.326 e. The highest BCUT2D eigenvalue weighted by Crippen LogP contribution is 2.58. The number of anilines is 1. The van der Waals surface area contributed by atoms with Crippen LogP contribution in [-0.2, 0) is 9.36 Å². The Morgan fingerprint density at radius 3 is 2.43 bits per heavy atom. The zero-order valence-corrected chi connectivity index (χ0v) is 14.7. The zero-order chi connectivity index (χ0) is 17.3. The van der Waals surface area contributed by atoms with Gasteiger partial charge in [0, 0.05) is 17.8 Å². The highest BCUT2D eigenvalue weighted by Gasteiger charge is 2.48. The smallest absolute Gasteiger partial charge is 0.254 e. The summed E-state index contributed by atoms with van der Waals surface area (Å²) in [6, 6.07) is 6.71. The van der Waals surface area contributed by atoms with E-state index >= 15 is 0 Å². The molecule has 2 amide bonds. The van der Waals surface area contributed by atoms with Gasteiger partial charge in [0.25, 0.3) is 5.91 Å². The summed E-state index contributed by atoms with van der Waals surface area (Å²) in [6.07, 6.45) is 2.81. The first-order valence-electron chi connectivity index (χ1n) is 7.59. The first-order valence-corrected chi connectivity index (χ1v) is 10.2. The Kier molecular flexibility index (Phi) is 4.81. The number of benzene rings is 1. The number of hydrogen-bond acceptors (Lipinski definition) is 3. The van der Waals surface area contributed by atoms with Gasteiger partial charge in [-0.3, -0.25) is 9.59 Å². The fraction of sp³-hybridized carbons (Fsp3) is 0.412. The van der Waals surface area contributed by atoms with Gasteiger partial charge < -0.3 is 14.8 Å². The summed E-state index contributed by atoms with van der Waals surface area (Å²) in [5.74, 6) is -0.412. The molecule has 0 radical (unpaired) electrons. The van der Waals surface area contributed by atoms with Crippen LogP contribution in [0.3, 0.4) is 0 Å². The molecule has 23 heavy (non-hydrogen) atoms. The molecule has 1 N–H and O–H groups in total. The molecule has 0 aromatic heterocycles. The minimum Gasteiger partial charge on any atom is -0.326 e. The van der Waals surface area contributed by atoms with Crippen molar-refractivity contribution in [2.45, 2.75) is 25.0 Å². The minimum atomic E-state index is -2.45. The number of rotatable bonds is 4. The van der Waals surface area contributed by atoms with E-state index in [1.165, 1.54) is 6.08 Å². The zero-order valence-electron chi connectivity index (χ0n) is 13.8. The summed E-state index contributed by atoms with van der Waals surface area (Å²) >= 11 is 0. The summed E-state index contributed by atoms with van der Waals surface area (Å²) in [5.41, 5.74) is 1.13. The molecular weight excluding hydrogens is 311 g/mol. The van der Waals surface area contributed by atoms with E-state index in [0.717, 1.165) is 12.8 Å². The number of likely N-dealkylation sites (tertiary alicyclic amines) is 1. The van der Waals surface area contributed by atoms with Crippen molar-refractivity contribution in [3.05, 3.63) is 42.5 Å². The Morgan fingerprint density at radius 2 is 1.91 bits per heavy atom. The Balaban J connectivity index is 2.22. The maximum absolute atomic E-state index is 12.8. The van der Waals surface area contributed by atoms with Crippen molar-refractivity contribution in [1.29, 1.82) is 0 Å². The Labute approximate surface area is 137 Å². The lowest BCUT2D eigenvalue weighted by Crippen LogP contribution is -2.44. The van der Waals surface area contributed by atoms with Crippen LogP contribution in [0.1, 0.15) is 30.1 Å². The second kappa shape index (κ2) is 6.32. The van der Waals surface area contributed by atoms with Gasteiger partial charge in [-0.25, -0.2) is 0 Å². The maximum atomic E-state index is 12.8. The molecule has 1 unspecified atom stereocenters. The fourth-order valence-electron chi connectivity index (χ4n) is 2.87. The van der Waals surface area contributed by atoms with Crippen molar-refractivity contribution < 1.29 is 14.2 Å². The highest BCUT2D eigenvalue weighted by molar-refractivity contribution is 7.63. The van der Waals surface area contributed by atoms with Crippen LogP contribution in [-0.4, -0.2) is 41.9 Å². The molecule has 1 aromatic carbocycles. The molecule has 5 nitrogen and oxygen atoms in total. The molecule has 1 aromatic rings. The van der Waals surface area contributed by atoms with Crippen LogP contribution < -0.4 is 5.32 Å². The third-order valence-electron chi connectivity index (χ3n) is 4.60. The fourth-order valence-corrected chi connectivity index (χ4v) is 4.34. The van der Waals surface area contributed by atoms with Crippen molar-refractivity contribution in [2.24, 2.45) is 0 Å². The number of carbonyl (C=O) groups excluding carboxylic acids is 2. The molecule has 0 saturated carbocycles. The molecule has 6 heteroatoms. The van der Waals surface area contributed by atoms with Gasteiger partial charge in [0.15, 0.2) is 0 Å². The Hall–Kier alpha value is -1.87. The number of nitrogens with one attached hydrogen (secondary N) is 1. The van der Waals surface area contributed by atoms with Gasteiger partial charge >= 0.3 is 0 Å². The number of nitrogens with zero attached hydrogens (tertiary/aromatic N) is 1. The molecule has 1 aliphatic heterocycles. The van der Waals surface area contributed by atoms with Crippen molar-refractivity contribution in [2.75, 3.05) is 25.2 Å². The van der Waals surface area contributed by atoms with Crippen molar-refractivity contribution in [3.8, 4) is 0 Å². The van der Waals surface area contributed by atoms with Gasteiger partial charge in [0.1, 0.15) is 7.14 Å². The van der Waals surface area contributed by atoms with Crippen LogP contribution in [0.4, 0.5) is 5.69 Å². The maximum Gasteiger partial charge on any atom is 0.254 e. The molecule has 124 valence electrons. The van der Waals surface area contributed by atoms with Crippen molar-refractivity contribution in [3.63, 3.8) is 0 Å². The quantitative estimate of drug-likeness (QED) is 0.678. The lowest BCUT2D eigenvalue weighted by molar-refractivity contribution is -0.111. The molecule has 1 saturated heterocycles. The molecule has 0 aliphatic carbocycles. The monoisotopic (exact) mass is 334 g/mol. The Morgan fingerprint density at radius 1 is 1.30 bits per heavy atom. The summed E-state index contributed by atoms with van der Waals surface area (Å²) < 4.78 is 12.6. The summed E-state index contributed by atoms with van der Waals surface area (Å²) in [5, 5.41) is 2.06. The van der Waals surface area contributed by atoms with Crippen LogP contribution in [0.2, 0.25) is 0 Å². The SMILES string of the molecule is C=CC(=O)Nc1ccc(C(=O)N2CCCC2(C)P(C)(C)=O)cc1. The van der Waals surface area contributed by atoms with Crippen LogP contribution in [0.25, 0.3) is 0 Å². The molecule has 2 rings (SSSR count). The molecule has 1 aliphatic rings. The van der Waals surface area contributed by atoms with Gasteiger partial charge in [0.2, 0.25) is 5.91 Å². The molecular formula is C17H23N2O3P. The highest BCUT2D eigenvalue weighted by atomic mass is 31.2. The minimum absolute atomic E-state index is 0.115. The number of hydrogen-bond donors (Lipinski definition) is 1. The average molecular weight is 334 g/mol. The predicted octanol–water partition coefficient (Wildman–Crippen LogP) is 3.39. The van der Waals surface area contributed by atoms with Gasteiger partial charge in [-0.15, -0.1) is 0 Å². The summed E-state index contributed by atoms with van der Waals surface area (Å²) in [7, 11) is -2.45.